The lowest BCUT2D eigenvalue weighted by Gasteiger charge is -1.82. The Morgan fingerprint density at radius 3 is 1.27 bits per heavy atom. The molecule has 9 heteroatoms. The molecule has 11 heavy (non-hydrogen) atoms. The lowest BCUT2D eigenvalue weighted by Crippen LogP contribution is -1.96. The summed E-state index contributed by atoms with van der Waals surface area (Å²) in [5.41, 5.74) is 0. The van der Waals surface area contributed by atoms with E-state index in [1.807, 2.05) is 0 Å². The fraction of sp³-hybridized carbons (Fsp3) is 0. The molecule has 0 aliphatic carbocycles. The van der Waals surface area contributed by atoms with Crippen molar-refractivity contribution in [3.05, 3.63) is 0 Å². The molecule has 0 aromatic rings. The highest BCUT2D eigenvalue weighted by atomic mass is 32.3. The Kier molecular flexibility index (Phi) is 11.4. The Bertz CT molecular complexity index is 146. The van der Waals surface area contributed by atoms with Crippen LogP contribution in [0.2, 0.25) is 0 Å². The zero-order valence-corrected chi connectivity index (χ0v) is 6.54. The molecule has 0 aromatic heterocycles. The first-order chi connectivity index (χ1) is 5.04. The summed E-state index contributed by atoms with van der Waals surface area (Å²) in [6, 6.07) is 0. The molecule has 0 amide bonds. The molecule has 0 atom stereocenters. The van der Waals surface area contributed by atoms with E-state index < -0.39 is 22.7 Å². The molecule has 0 aliphatic rings. The normalized spacial score (nSPS) is 13.6. The van der Waals surface area contributed by atoms with Crippen molar-refractivity contribution in [1.29, 1.82) is 0 Å². The number of hydrogen-bond acceptors (Lipinski definition) is 5. The van der Waals surface area contributed by atoms with Gasteiger partial charge in [-0.1, -0.05) is 0 Å². The number of aldehydes is 2. The van der Waals surface area contributed by atoms with Crippen LogP contribution >= 0.6 is 0 Å². The van der Waals surface area contributed by atoms with E-state index in [1.165, 1.54) is 0 Å². The third-order valence-corrected chi connectivity index (χ3v) is 1.10. The Balaban J connectivity index is 0. The Hall–Kier alpha value is -0.480. The predicted molar refractivity (Wildman–Crippen MR) is 34.8 cm³/mol. The Morgan fingerprint density at radius 2 is 1.27 bits per heavy atom. The minimum atomic E-state index is -2.65. The highest BCUT2D eigenvalue weighted by Crippen LogP contribution is 1.79. The molecule has 0 rings (SSSR count). The average Bonchev–Trinajstić information content (AvgIpc) is 1.85. The zero-order chi connectivity index (χ0) is 9.28. The predicted octanol–water partition coefficient (Wildman–Crippen LogP) is -1.34. The van der Waals surface area contributed by atoms with E-state index >= 15 is 0 Å². The maximum absolute atomic E-state index is 9.35. The van der Waals surface area contributed by atoms with E-state index in [4.69, 9.17) is 18.7 Å². The number of rotatable bonds is 3. The minimum Gasteiger partial charge on any atom is -0.295 e. The first kappa shape index (κ1) is 13.1. The molecule has 0 unspecified atom stereocenters. The smallest absolute Gasteiger partial charge is 0.295 e. The summed E-state index contributed by atoms with van der Waals surface area (Å²) < 4.78 is 37.2. The molecule has 66 valence electrons. The number of hydrogen-bond donors (Lipinski definition) is 2. The van der Waals surface area contributed by atoms with E-state index in [9.17, 15) is 8.42 Å². The van der Waals surface area contributed by atoms with Crippen molar-refractivity contribution in [2.45, 2.75) is 0 Å². The van der Waals surface area contributed by atoms with Gasteiger partial charge in [-0.15, -0.1) is 3.63 Å². The Morgan fingerprint density at radius 1 is 1.00 bits per heavy atom. The van der Waals surface area contributed by atoms with Gasteiger partial charge in [0.25, 0.3) is 0 Å². The number of carbonyl (C=O) groups excluding carboxylic acids is 2. The van der Waals surface area contributed by atoms with E-state index in [0.29, 0.717) is 0 Å². The Labute approximate surface area is 66.7 Å². The van der Waals surface area contributed by atoms with Gasteiger partial charge in [-0.2, -0.15) is 8.42 Å². The molecule has 0 heterocycles. The highest BCUT2D eigenvalue weighted by Gasteiger charge is 1.95. The molecule has 0 bridgehead atoms. The van der Waals surface area contributed by atoms with Crippen LogP contribution < -0.4 is 0 Å². The summed E-state index contributed by atoms with van der Waals surface area (Å²) >= 11 is -5.29. The maximum Gasteiger partial charge on any atom is 0.317 e. The molecule has 0 radical (unpaired) electrons. The van der Waals surface area contributed by atoms with Crippen molar-refractivity contribution in [3.8, 4) is 0 Å². The monoisotopic (exact) mass is 204 g/mol. The quantitative estimate of drug-likeness (QED) is 0.332. The van der Waals surface area contributed by atoms with E-state index in [0.717, 1.165) is 0 Å². The average molecular weight is 204 g/mol. The van der Waals surface area contributed by atoms with Crippen LogP contribution in [0.4, 0.5) is 0 Å². The fourth-order valence-electron chi connectivity index (χ4n) is 0.0498. The molecule has 0 saturated carbocycles. The van der Waals surface area contributed by atoms with Crippen molar-refractivity contribution >= 4 is 35.3 Å². The lowest BCUT2D eigenvalue weighted by molar-refractivity contribution is -0.122. The van der Waals surface area contributed by atoms with Gasteiger partial charge < -0.3 is 0 Å². The van der Waals surface area contributed by atoms with Crippen molar-refractivity contribution in [3.63, 3.8) is 0 Å². The summed E-state index contributed by atoms with van der Waals surface area (Å²) in [4.78, 5) is 17.6. The van der Waals surface area contributed by atoms with Gasteiger partial charge in [0, 0.05) is 0 Å². The van der Waals surface area contributed by atoms with Crippen LogP contribution in [0.1, 0.15) is 0 Å². The van der Waals surface area contributed by atoms with Crippen LogP contribution in [0, 0.1) is 0 Å². The molecule has 0 spiro atoms. The molecule has 7 nitrogen and oxygen atoms in total. The van der Waals surface area contributed by atoms with E-state index in [-0.39, 0.29) is 12.6 Å². The van der Waals surface area contributed by atoms with Crippen LogP contribution in [0.5, 0.6) is 0 Å². The van der Waals surface area contributed by atoms with Gasteiger partial charge in [0.05, 0.1) is 0 Å². The SMILES string of the molecule is O=CC=O.O=S(O)OS(=O)O. The zero-order valence-electron chi connectivity index (χ0n) is 4.91. The van der Waals surface area contributed by atoms with Gasteiger partial charge in [0.2, 0.25) is 0 Å². The van der Waals surface area contributed by atoms with Crippen molar-refractivity contribution in [2.24, 2.45) is 0 Å². The van der Waals surface area contributed by atoms with Crippen molar-refractivity contribution in [1.82, 2.24) is 0 Å². The van der Waals surface area contributed by atoms with Gasteiger partial charge in [-0.25, -0.2) is 0 Å². The van der Waals surface area contributed by atoms with Crippen LogP contribution in [0.25, 0.3) is 0 Å². The van der Waals surface area contributed by atoms with Crippen LogP contribution in [0.15, 0.2) is 0 Å². The minimum absolute atomic E-state index is 0.194. The van der Waals surface area contributed by atoms with Gasteiger partial charge >= 0.3 is 22.7 Å². The highest BCUT2D eigenvalue weighted by molar-refractivity contribution is 7.87. The summed E-state index contributed by atoms with van der Waals surface area (Å²) in [6.45, 7) is 0. The molecular formula is C2H4O7S2. The third kappa shape index (κ3) is 26.4. The largest absolute Gasteiger partial charge is 0.317 e. The van der Waals surface area contributed by atoms with Crippen LogP contribution in [-0.2, 0) is 35.9 Å². The van der Waals surface area contributed by atoms with E-state index in [2.05, 4.69) is 3.63 Å². The lowest BCUT2D eigenvalue weighted by atomic mass is 10.9. The summed E-state index contributed by atoms with van der Waals surface area (Å²) in [5, 5.41) is 0. The third-order valence-electron chi connectivity index (χ3n) is 0.172. The first-order valence-electron chi connectivity index (χ1n) is 1.84. The van der Waals surface area contributed by atoms with Crippen LogP contribution in [0.3, 0.4) is 0 Å². The van der Waals surface area contributed by atoms with Gasteiger partial charge in [-0.05, 0) is 0 Å². The van der Waals surface area contributed by atoms with Gasteiger partial charge in [-0.3, -0.25) is 18.7 Å². The maximum atomic E-state index is 9.35. The van der Waals surface area contributed by atoms with E-state index in [1.54, 1.807) is 0 Å². The molecule has 0 fully saturated rings. The topological polar surface area (TPSA) is 118 Å². The van der Waals surface area contributed by atoms with Crippen molar-refractivity contribution in [2.75, 3.05) is 0 Å². The molecule has 0 aromatic carbocycles. The second kappa shape index (κ2) is 9.52. The molecule has 0 aliphatic heterocycles. The second-order valence-corrected chi connectivity index (χ2v) is 2.19. The van der Waals surface area contributed by atoms with Crippen molar-refractivity contribution < 1.29 is 30.7 Å². The molecule has 2 N–H and O–H groups in total. The molecular weight excluding hydrogens is 200 g/mol. The summed E-state index contributed by atoms with van der Waals surface area (Å²) in [6.07, 6.45) is 0.389. The summed E-state index contributed by atoms with van der Waals surface area (Å²) in [7, 11) is 0. The summed E-state index contributed by atoms with van der Waals surface area (Å²) in [5.74, 6) is 0. The fourth-order valence-corrected chi connectivity index (χ4v) is 0.448. The van der Waals surface area contributed by atoms with Gasteiger partial charge in [0.15, 0.2) is 12.6 Å². The second-order valence-electron chi connectivity index (χ2n) is 0.774. The standard InChI is InChI=1S/C2H2O2.H2O5S2/c3-1-2-4;1-6(2)5-7(3)4/h1-2H;(H,1,2)(H,3,4). The molecule has 0 saturated heterocycles. The van der Waals surface area contributed by atoms with Crippen LogP contribution in [-0.4, -0.2) is 30.1 Å². The number of carbonyl (C=O) groups is 2. The first-order valence-corrected chi connectivity index (χ1v) is 3.90. The van der Waals surface area contributed by atoms with Gasteiger partial charge in [0.1, 0.15) is 0 Å².